The molecule has 0 fully saturated rings. The van der Waals surface area contributed by atoms with Gasteiger partial charge in [0.15, 0.2) is 5.13 Å². The zero-order valence-corrected chi connectivity index (χ0v) is 17.4. The van der Waals surface area contributed by atoms with Crippen molar-refractivity contribution in [1.29, 1.82) is 0 Å². The molecule has 1 aliphatic rings. The van der Waals surface area contributed by atoms with E-state index >= 15 is 0 Å². The Kier molecular flexibility index (Phi) is 5.38. The minimum absolute atomic E-state index is 0.136. The molecule has 0 aliphatic carbocycles. The third kappa shape index (κ3) is 4.10. The lowest BCUT2D eigenvalue weighted by molar-refractivity contribution is -0.116. The van der Waals surface area contributed by atoms with Crippen LogP contribution in [0.15, 0.2) is 35.8 Å². The predicted molar refractivity (Wildman–Crippen MR) is 115 cm³/mol. The number of imide groups is 1. The van der Waals surface area contributed by atoms with Gasteiger partial charge in [0.2, 0.25) is 5.91 Å². The molecule has 3 heterocycles. The molecular formula is C21H19N5O4S. The molecule has 0 saturated heterocycles. The van der Waals surface area contributed by atoms with E-state index in [1.807, 2.05) is 6.92 Å². The molecule has 9 nitrogen and oxygen atoms in total. The van der Waals surface area contributed by atoms with Crippen molar-refractivity contribution < 1.29 is 19.2 Å². The van der Waals surface area contributed by atoms with Crippen LogP contribution in [-0.2, 0) is 4.79 Å². The van der Waals surface area contributed by atoms with Gasteiger partial charge in [0.1, 0.15) is 5.69 Å². The second kappa shape index (κ2) is 8.15. The number of rotatable bonds is 7. The van der Waals surface area contributed by atoms with E-state index in [0.29, 0.717) is 33.9 Å². The minimum atomic E-state index is -0.566. The van der Waals surface area contributed by atoms with Gasteiger partial charge in [-0.05, 0) is 31.5 Å². The van der Waals surface area contributed by atoms with Crippen LogP contribution in [0.5, 0.6) is 0 Å². The molecule has 0 spiro atoms. The molecule has 4 rings (SSSR count). The van der Waals surface area contributed by atoms with Crippen molar-refractivity contribution in [1.82, 2.24) is 14.9 Å². The number of primary amides is 1. The predicted octanol–water partition coefficient (Wildman–Crippen LogP) is 2.56. The first-order valence-electron chi connectivity index (χ1n) is 9.54. The van der Waals surface area contributed by atoms with E-state index in [9.17, 15) is 19.2 Å². The number of anilines is 1. The average Bonchev–Trinajstić information content (AvgIpc) is 3.43. The topological polar surface area (TPSA) is 138 Å². The van der Waals surface area contributed by atoms with Crippen molar-refractivity contribution in [3.05, 3.63) is 58.2 Å². The van der Waals surface area contributed by atoms with Crippen LogP contribution in [-0.4, -0.2) is 45.0 Å². The SMILES string of the molecule is Cc1ccc2c(c1)C(=O)N(CCCC(=O)Nc1nc(-c3c[nH]c(C(N)=O)c3)cs1)C2=O. The maximum absolute atomic E-state index is 12.5. The molecule has 158 valence electrons. The molecule has 31 heavy (non-hydrogen) atoms. The number of aromatic nitrogens is 2. The minimum Gasteiger partial charge on any atom is -0.364 e. The lowest BCUT2D eigenvalue weighted by atomic mass is 10.1. The van der Waals surface area contributed by atoms with E-state index in [-0.39, 0.29) is 36.4 Å². The number of carbonyl (C=O) groups excluding carboxylic acids is 4. The number of aromatic amines is 1. The number of thiazole rings is 1. The number of hydrogen-bond acceptors (Lipinski definition) is 6. The molecule has 0 radical (unpaired) electrons. The van der Waals surface area contributed by atoms with Crippen molar-refractivity contribution in [2.45, 2.75) is 19.8 Å². The molecule has 4 N–H and O–H groups in total. The molecule has 0 bridgehead atoms. The van der Waals surface area contributed by atoms with Gasteiger partial charge < -0.3 is 16.0 Å². The Morgan fingerprint density at radius 1 is 1.19 bits per heavy atom. The van der Waals surface area contributed by atoms with Gasteiger partial charge >= 0.3 is 0 Å². The van der Waals surface area contributed by atoms with E-state index in [2.05, 4.69) is 15.3 Å². The molecule has 1 aromatic carbocycles. The maximum atomic E-state index is 12.5. The van der Waals surface area contributed by atoms with Gasteiger partial charge in [0, 0.05) is 30.1 Å². The zero-order chi connectivity index (χ0) is 22.1. The van der Waals surface area contributed by atoms with Gasteiger partial charge in [0.25, 0.3) is 17.7 Å². The van der Waals surface area contributed by atoms with Gasteiger partial charge in [0.05, 0.1) is 16.8 Å². The fraction of sp³-hybridized carbons (Fsp3) is 0.190. The quantitative estimate of drug-likeness (QED) is 0.488. The highest BCUT2D eigenvalue weighted by Crippen LogP contribution is 2.26. The Balaban J connectivity index is 1.30. The molecule has 3 aromatic rings. The number of nitrogens with zero attached hydrogens (tertiary/aromatic N) is 2. The summed E-state index contributed by atoms with van der Waals surface area (Å²) in [5.41, 5.74) is 8.51. The summed E-state index contributed by atoms with van der Waals surface area (Å²) in [6.45, 7) is 2.03. The highest BCUT2D eigenvalue weighted by Gasteiger charge is 2.34. The summed E-state index contributed by atoms with van der Waals surface area (Å²) in [4.78, 5) is 56.6. The number of benzene rings is 1. The Hall–Kier alpha value is -3.79. The number of hydrogen-bond donors (Lipinski definition) is 3. The van der Waals surface area contributed by atoms with E-state index in [4.69, 9.17) is 5.73 Å². The monoisotopic (exact) mass is 437 g/mol. The fourth-order valence-electron chi connectivity index (χ4n) is 3.34. The number of fused-ring (bicyclic) bond motifs is 1. The molecule has 4 amide bonds. The Bertz CT molecular complexity index is 1210. The Morgan fingerprint density at radius 3 is 2.71 bits per heavy atom. The third-order valence-electron chi connectivity index (χ3n) is 4.91. The van der Waals surface area contributed by atoms with Gasteiger partial charge in [-0.3, -0.25) is 24.1 Å². The standard InChI is InChI=1S/C21H19N5O4S/c1-11-4-5-13-14(7-11)20(30)26(19(13)29)6-2-3-17(27)25-21-24-16(10-31-21)12-8-15(18(22)28)23-9-12/h4-5,7-10,23H,2-3,6H2,1H3,(H2,22,28)(H,24,25,27). The van der Waals surface area contributed by atoms with Crippen LogP contribution in [0.4, 0.5) is 5.13 Å². The molecule has 0 atom stereocenters. The smallest absolute Gasteiger partial charge is 0.265 e. The van der Waals surface area contributed by atoms with E-state index in [1.165, 1.54) is 16.2 Å². The maximum Gasteiger partial charge on any atom is 0.265 e. The van der Waals surface area contributed by atoms with Crippen molar-refractivity contribution in [2.75, 3.05) is 11.9 Å². The number of H-pyrrole nitrogens is 1. The van der Waals surface area contributed by atoms with Crippen LogP contribution in [0, 0.1) is 6.92 Å². The number of carbonyl (C=O) groups is 4. The molecule has 10 heteroatoms. The molecule has 0 saturated carbocycles. The lowest BCUT2D eigenvalue weighted by Crippen LogP contribution is -2.31. The Labute approximate surface area is 181 Å². The highest BCUT2D eigenvalue weighted by molar-refractivity contribution is 7.14. The third-order valence-corrected chi connectivity index (χ3v) is 5.66. The van der Waals surface area contributed by atoms with Crippen LogP contribution in [0.2, 0.25) is 0 Å². The van der Waals surface area contributed by atoms with Gasteiger partial charge in [-0.2, -0.15) is 0 Å². The van der Waals surface area contributed by atoms with Crippen LogP contribution < -0.4 is 11.1 Å². The second-order valence-electron chi connectivity index (χ2n) is 7.17. The number of nitrogens with two attached hydrogens (primary N) is 1. The molecule has 1 aliphatic heterocycles. The fourth-order valence-corrected chi connectivity index (χ4v) is 4.07. The second-order valence-corrected chi connectivity index (χ2v) is 8.02. The van der Waals surface area contributed by atoms with Crippen molar-refractivity contribution in [3.63, 3.8) is 0 Å². The number of aryl methyl sites for hydroxylation is 1. The van der Waals surface area contributed by atoms with Crippen molar-refractivity contribution in [2.24, 2.45) is 5.73 Å². The summed E-state index contributed by atoms with van der Waals surface area (Å²) >= 11 is 1.25. The van der Waals surface area contributed by atoms with Gasteiger partial charge in [-0.15, -0.1) is 11.3 Å². The van der Waals surface area contributed by atoms with Crippen LogP contribution in [0.1, 0.15) is 49.6 Å². The molecular weight excluding hydrogens is 418 g/mol. The molecule has 0 unspecified atom stereocenters. The van der Waals surface area contributed by atoms with E-state index in [1.54, 1.807) is 35.8 Å². The van der Waals surface area contributed by atoms with Gasteiger partial charge in [-0.1, -0.05) is 11.6 Å². The first kappa shape index (κ1) is 20.5. The first-order chi connectivity index (χ1) is 14.8. The summed E-state index contributed by atoms with van der Waals surface area (Å²) in [7, 11) is 0. The number of amides is 4. The van der Waals surface area contributed by atoms with Crippen molar-refractivity contribution in [3.8, 4) is 11.3 Å². The van der Waals surface area contributed by atoms with Crippen LogP contribution in [0.25, 0.3) is 11.3 Å². The summed E-state index contributed by atoms with van der Waals surface area (Å²) < 4.78 is 0. The molecule has 2 aromatic heterocycles. The number of nitrogens with one attached hydrogen (secondary N) is 2. The van der Waals surface area contributed by atoms with Gasteiger partial charge in [-0.25, -0.2) is 4.98 Å². The Morgan fingerprint density at radius 2 is 1.97 bits per heavy atom. The lowest BCUT2D eigenvalue weighted by Gasteiger charge is -2.13. The summed E-state index contributed by atoms with van der Waals surface area (Å²) in [6.07, 6.45) is 2.09. The van der Waals surface area contributed by atoms with E-state index in [0.717, 1.165) is 5.56 Å². The first-order valence-corrected chi connectivity index (χ1v) is 10.4. The highest BCUT2D eigenvalue weighted by atomic mass is 32.1. The summed E-state index contributed by atoms with van der Waals surface area (Å²) in [5.74, 6) is -1.48. The normalized spacial score (nSPS) is 12.9. The largest absolute Gasteiger partial charge is 0.364 e. The summed E-state index contributed by atoms with van der Waals surface area (Å²) in [6, 6.07) is 6.76. The van der Waals surface area contributed by atoms with Crippen molar-refractivity contribution >= 4 is 40.1 Å². The average molecular weight is 437 g/mol. The van der Waals surface area contributed by atoms with Crippen LogP contribution in [0.3, 0.4) is 0 Å². The summed E-state index contributed by atoms with van der Waals surface area (Å²) in [5, 5.41) is 4.88. The van der Waals surface area contributed by atoms with E-state index < -0.39 is 5.91 Å². The van der Waals surface area contributed by atoms with Crippen LogP contribution >= 0.6 is 11.3 Å². The zero-order valence-electron chi connectivity index (χ0n) is 16.6.